The summed E-state index contributed by atoms with van der Waals surface area (Å²) in [5, 5.41) is -0.323. The molecule has 1 saturated heterocycles. The van der Waals surface area contributed by atoms with E-state index in [-0.39, 0.29) is 11.2 Å². The van der Waals surface area contributed by atoms with E-state index < -0.39 is 10.0 Å². The summed E-state index contributed by atoms with van der Waals surface area (Å²) in [5.41, 5.74) is 0. The van der Waals surface area contributed by atoms with Crippen LogP contribution in [0.15, 0.2) is 24.3 Å². The lowest BCUT2D eigenvalue weighted by atomic mass is 9.96. The maximum absolute atomic E-state index is 12.0. The molecule has 0 spiro atoms. The maximum Gasteiger partial charge on any atom is 0.221 e. The highest BCUT2D eigenvalue weighted by Gasteiger charge is 2.39. The normalized spacial score (nSPS) is 35.5. The van der Waals surface area contributed by atoms with E-state index in [4.69, 9.17) is 0 Å². The molecule has 14 heavy (non-hydrogen) atoms. The van der Waals surface area contributed by atoms with Crippen LogP contribution < -0.4 is 0 Å². The van der Waals surface area contributed by atoms with Gasteiger partial charge in [0.25, 0.3) is 0 Å². The summed E-state index contributed by atoms with van der Waals surface area (Å²) in [5.74, 6) is 0.184. The molecule has 0 bridgehead atoms. The van der Waals surface area contributed by atoms with Crippen molar-refractivity contribution in [3.8, 4) is 0 Å². The lowest BCUT2D eigenvalue weighted by Gasteiger charge is -2.35. The molecule has 3 nitrogen and oxygen atoms in total. The van der Waals surface area contributed by atoms with Gasteiger partial charge in [0, 0.05) is 12.5 Å². The van der Waals surface area contributed by atoms with Crippen molar-refractivity contribution in [2.24, 2.45) is 5.92 Å². The van der Waals surface area contributed by atoms with Crippen molar-refractivity contribution in [2.45, 2.75) is 11.7 Å². The van der Waals surface area contributed by atoms with Gasteiger partial charge >= 0.3 is 0 Å². The molecule has 0 N–H and O–H groups in total. The summed E-state index contributed by atoms with van der Waals surface area (Å²) < 4.78 is 26.2. The number of rotatable bonds is 1. The van der Waals surface area contributed by atoms with Gasteiger partial charge in [-0.1, -0.05) is 46.9 Å². The third-order valence-electron chi connectivity index (χ3n) is 2.74. The predicted molar refractivity (Wildman–Crippen MR) is 64.7 cm³/mol. The molecule has 1 heterocycles. The average molecular weight is 325 g/mol. The second-order valence-corrected chi connectivity index (χ2v) is 6.30. The molecule has 0 aromatic carbocycles. The van der Waals surface area contributed by atoms with E-state index in [2.05, 4.69) is 22.6 Å². The number of allylic oxidation sites excluding steroid dienone is 3. The second-order valence-electron chi connectivity index (χ2n) is 3.53. The van der Waals surface area contributed by atoms with Gasteiger partial charge in [0.1, 0.15) is 5.25 Å². The molecule has 2 rings (SSSR count). The standard InChI is InChI=1S/C9H12INO2S/c10-7-11-6-5-8-3-1-2-4-9(8)14(11,12)13/h1-4,8-9H,5-7H2. The van der Waals surface area contributed by atoms with Gasteiger partial charge in [0.15, 0.2) is 0 Å². The van der Waals surface area contributed by atoms with E-state index in [0.29, 0.717) is 11.1 Å². The van der Waals surface area contributed by atoms with Gasteiger partial charge in [0.05, 0.1) is 4.55 Å². The highest BCUT2D eigenvalue weighted by atomic mass is 127. The SMILES string of the molecule is O=S1(=O)C2C=CC=CC2CCN1CI. The fourth-order valence-corrected chi connectivity index (χ4v) is 5.24. The molecule has 1 fully saturated rings. The Labute approximate surface area is 98.1 Å². The van der Waals surface area contributed by atoms with Gasteiger partial charge in [-0.15, -0.1) is 0 Å². The van der Waals surface area contributed by atoms with E-state index in [1.165, 1.54) is 0 Å². The van der Waals surface area contributed by atoms with Crippen LogP contribution in [0, 0.1) is 5.92 Å². The van der Waals surface area contributed by atoms with E-state index in [0.717, 1.165) is 6.42 Å². The minimum Gasteiger partial charge on any atom is -0.212 e. The first-order chi connectivity index (χ1) is 6.66. The molecule has 2 atom stereocenters. The Hall–Kier alpha value is 0.120. The molecule has 0 aromatic heterocycles. The second kappa shape index (κ2) is 3.94. The number of alkyl halides is 1. The van der Waals surface area contributed by atoms with Crippen molar-refractivity contribution in [1.82, 2.24) is 4.31 Å². The Morgan fingerprint density at radius 2 is 2.07 bits per heavy atom. The van der Waals surface area contributed by atoms with Crippen LogP contribution in [0.25, 0.3) is 0 Å². The third-order valence-corrected chi connectivity index (χ3v) is 6.25. The number of fused-ring (bicyclic) bond motifs is 1. The first kappa shape index (κ1) is 10.6. The van der Waals surface area contributed by atoms with Gasteiger partial charge in [-0.05, 0) is 6.42 Å². The molecule has 5 heteroatoms. The first-order valence-electron chi connectivity index (χ1n) is 4.56. The number of hydrogen-bond donors (Lipinski definition) is 0. The molecule has 2 unspecified atom stereocenters. The van der Waals surface area contributed by atoms with E-state index in [1.54, 1.807) is 10.4 Å². The number of hydrogen-bond acceptors (Lipinski definition) is 2. The zero-order valence-corrected chi connectivity index (χ0v) is 10.6. The third kappa shape index (κ3) is 1.65. The van der Waals surface area contributed by atoms with Crippen LogP contribution in [0.4, 0.5) is 0 Å². The highest BCUT2D eigenvalue weighted by molar-refractivity contribution is 14.1. The topological polar surface area (TPSA) is 37.4 Å². The van der Waals surface area contributed by atoms with Crippen LogP contribution in [0.3, 0.4) is 0 Å². The van der Waals surface area contributed by atoms with Gasteiger partial charge < -0.3 is 0 Å². The van der Waals surface area contributed by atoms with Crippen molar-refractivity contribution < 1.29 is 8.42 Å². The van der Waals surface area contributed by atoms with Gasteiger partial charge in [-0.3, -0.25) is 0 Å². The predicted octanol–water partition coefficient (Wildman–Crippen LogP) is 1.53. The van der Waals surface area contributed by atoms with Crippen molar-refractivity contribution in [3.05, 3.63) is 24.3 Å². The van der Waals surface area contributed by atoms with Crippen molar-refractivity contribution in [2.75, 3.05) is 11.1 Å². The monoisotopic (exact) mass is 325 g/mol. The molecule has 0 radical (unpaired) electrons. The fourth-order valence-electron chi connectivity index (χ4n) is 1.93. The lowest BCUT2D eigenvalue weighted by Crippen LogP contribution is -2.46. The smallest absolute Gasteiger partial charge is 0.212 e. The quantitative estimate of drug-likeness (QED) is 0.416. The van der Waals surface area contributed by atoms with Crippen LogP contribution in [0.5, 0.6) is 0 Å². The molecule has 0 aromatic rings. The first-order valence-corrected chi connectivity index (χ1v) is 7.59. The number of sulfonamides is 1. The van der Waals surface area contributed by atoms with Crippen molar-refractivity contribution in [1.29, 1.82) is 0 Å². The van der Waals surface area contributed by atoms with Crippen molar-refractivity contribution in [3.63, 3.8) is 0 Å². The van der Waals surface area contributed by atoms with Crippen molar-refractivity contribution >= 4 is 32.6 Å². The molecule has 1 aliphatic carbocycles. The molecule has 2 aliphatic rings. The van der Waals surface area contributed by atoms with Crippen LogP contribution in [-0.2, 0) is 10.0 Å². The molecule has 0 amide bonds. The highest BCUT2D eigenvalue weighted by Crippen LogP contribution is 2.31. The molecule has 0 saturated carbocycles. The van der Waals surface area contributed by atoms with Crippen LogP contribution in [0.2, 0.25) is 0 Å². The Morgan fingerprint density at radius 1 is 1.36 bits per heavy atom. The van der Waals surface area contributed by atoms with E-state index >= 15 is 0 Å². The summed E-state index contributed by atoms with van der Waals surface area (Å²) in [4.78, 5) is 0. The summed E-state index contributed by atoms with van der Waals surface area (Å²) in [6.45, 7) is 0.657. The van der Waals surface area contributed by atoms with E-state index in [1.807, 2.05) is 18.2 Å². The number of nitrogens with zero attached hydrogens (tertiary/aromatic N) is 1. The molecule has 78 valence electrons. The number of halogens is 1. The Kier molecular flexibility index (Phi) is 2.99. The summed E-state index contributed by atoms with van der Waals surface area (Å²) in [6.07, 6.45) is 8.52. The average Bonchev–Trinajstić information content (AvgIpc) is 2.18. The zero-order chi connectivity index (χ0) is 10.2. The Bertz CT molecular complexity index is 374. The van der Waals surface area contributed by atoms with E-state index in [9.17, 15) is 8.42 Å². The summed E-state index contributed by atoms with van der Waals surface area (Å²) >= 11 is 2.10. The Morgan fingerprint density at radius 3 is 2.79 bits per heavy atom. The van der Waals surface area contributed by atoms with Crippen LogP contribution in [-0.4, -0.2) is 29.1 Å². The molecular formula is C9H12INO2S. The fraction of sp³-hybridized carbons (Fsp3) is 0.556. The zero-order valence-electron chi connectivity index (χ0n) is 7.64. The van der Waals surface area contributed by atoms with Gasteiger partial charge in [-0.2, -0.15) is 4.31 Å². The summed E-state index contributed by atoms with van der Waals surface area (Å²) in [7, 11) is -3.09. The minimum atomic E-state index is -3.09. The molecular weight excluding hydrogens is 313 g/mol. The molecule has 1 aliphatic heterocycles. The van der Waals surface area contributed by atoms with Crippen LogP contribution >= 0.6 is 22.6 Å². The van der Waals surface area contributed by atoms with Crippen LogP contribution in [0.1, 0.15) is 6.42 Å². The minimum absolute atomic E-state index is 0.184. The summed E-state index contributed by atoms with van der Waals surface area (Å²) in [6, 6.07) is 0. The maximum atomic E-state index is 12.0. The Balaban J connectivity index is 2.33. The largest absolute Gasteiger partial charge is 0.221 e. The van der Waals surface area contributed by atoms with Gasteiger partial charge in [-0.25, -0.2) is 8.42 Å². The van der Waals surface area contributed by atoms with Gasteiger partial charge in [0.2, 0.25) is 10.0 Å². The lowest BCUT2D eigenvalue weighted by molar-refractivity contribution is 0.381.